The molecule has 0 bridgehead atoms. The van der Waals surface area contributed by atoms with Crippen molar-refractivity contribution in [2.24, 2.45) is 9.98 Å². The second-order valence-electron chi connectivity index (χ2n) is 13.4. The van der Waals surface area contributed by atoms with Gasteiger partial charge in [-0.15, -0.1) is 22.7 Å². The van der Waals surface area contributed by atoms with Crippen LogP contribution in [0, 0.1) is 0 Å². The van der Waals surface area contributed by atoms with E-state index in [1.807, 2.05) is 12.1 Å². The van der Waals surface area contributed by atoms with Crippen LogP contribution in [0.15, 0.2) is 92.2 Å². The molecule has 2 aromatic carbocycles. The van der Waals surface area contributed by atoms with E-state index in [0.717, 1.165) is 99.9 Å². The first-order valence-electron chi connectivity index (χ1n) is 18.4. The smallest absolute Gasteiger partial charge is 0.328 e. The largest absolute Gasteiger partial charge is 0.478 e. The van der Waals surface area contributed by atoms with Gasteiger partial charge in [0.1, 0.15) is 11.7 Å². The summed E-state index contributed by atoms with van der Waals surface area (Å²) < 4.78 is 0. The monoisotopic (exact) mass is 800 g/mol. The number of para-hydroxylation sites is 4. The highest BCUT2D eigenvalue weighted by Crippen LogP contribution is 2.42. The molecular formula is C40H48N8O6S2. The molecule has 0 saturated carbocycles. The van der Waals surface area contributed by atoms with E-state index < -0.39 is 11.9 Å². The van der Waals surface area contributed by atoms with Gasteiger partial charge in [-0.05, 0) is 24.3 Å². The van der Waals surface area contributed by atoms with Gasteiger partial charge in [-0.3, -0.25) is 9.80 Å². The lowest BCUT2D eigenvalue weighted by Gasteiger charge is -2.36. The lowest BCUT2D eigenvalue weighted by atomic mass is 10.2. The number of thiophene rings is 2. The Hall–Kier alpha value is -5.10. The number of carboxylic acid groups (broad SMARTS) is 2. The standard InChI is InChI=1S/2C18H22N4OS.C4H4O4/c2*1-20-16-5-3-2-4-15(16)19-18(14-12-24-13-17(14)20)22-8-6-21(7-9-22)10-11-23;5-3(6)1-2-4(7)8/h2*2-5,12-13,23H,6-11H2,1H3;1-2H,(H,5,6)(H,7,8)/b;;2-1+. The van der Waals surface area contributed by atoms with Gasteiger partial charge < -0.3 is 40.0 Å². The lowest BCUT2D eigenvalue weighted by molar-refractivity contribution is -0.134. The number of aliphatic hydroxyl groups excluding tert-OH is 2. The van der Waals surface area contributed by atoms with Gasteiger partial charge in [0.05, 0.1) is 58.5 Å². The average molecular weight is 801 g/mol. The number of nitrogens with zero attached hydrogens (tertiary/aromatic N) is 8. The van der Waals surface area contributed by atoms with Crippen LogP contribution < -0.4 is 9.80 Å². The zero-order valence-electron chi connectivity index (χ0n) is 31.6. The summed E-state index contributed by atoms with van der Waals surface area (Å²) in [4.78, 5) is 43.0. The summed E-state index contributed by atoms with van der Waals surface area (Å²) in [6.07, 6.45) is 1.12. The summed E-state index contributed by atoms with van der Waals surface area (Å²) in [5, 5.41) is 42.7. The predicted octanol–water partition coefficient (Wildman–Crippen LogP) is 4.75. The topological polar surface area (TPSA) is 159 Å². The van der Waals surface area contributed by atoms with Crippen molar-refractivity contribution in [3.63, 3.8) is 0 Å². The van der Waals surface area contributed by atoms with E-state index in [9.17, 15) is 9.59 Å². The van der Waals surface area contributed by atoms with E-state index >= 15 is 0 Å². The van der Waals surface area contributed by atoms with Crippen molar-refractivity contribution in [2.45, 2.75) is 0 Å². The van der Waals surface area contributed by atoms with Crippen LogP contribution in [0.4, 0.5) is 34.1 Å². The Morgan fingerprint density at radius 3 is 1.32 bits per heavy atom. The van der Waals surface area contributed by atoms with E-state index in [1.165, 1.54) is 22.5 Å². The van der Waals surface area contributed by atoms with Gasteiger partial charge in [0.25, 0.3) is 0 Å². The van der Waals surface area contributed by atoms with Crippen LogP contribution in [0.25, 0.3) is 0 Å². The Morgan fingerprint density at radius 1 is 0.589 bits per heavy atom. The summed E-state index contributed by atoms with van der Waals surface area (Å²) in [7, 11) is 4.23. The van der Waals surface area contributed by atoms with Crippen LogP contribution in [0.3, 0.4) is 0 Å². The number of amidine groups is 2. The number of carbonyl (C=O) groups is 2. The van der Waals surface area contributed by atoms with Crippen molar-refractivity contribution >= 4 is 80.4 Å². The van der Waals surface area contributed by atoms with Gasteiger partial charge in [0, 0.05) is 113 Å². The Kier molecular flexibility index (Phi) is 13.9. The molecule has 16 heteroatoms. The first-order valence-corrected chi connectivity index (χ1v) is 20.3. The molecular weight excluding hydrogens is 753 g/mol. The molecule has 4 aromatic rings. The minimum absolute atomic E-state index is 0.230. The normalized spacial score (nSPS) is 16.8. The fraction of sp³-hybridized carbons (Fsp3) is 0.350. The fourth-order valence-corrected chi connectivity index (χ4v) is 8.69. The molecule has 0 amide bonds. The molecule has 2 saturated heterocycles. The second kappa shape index (κ2) is 19.2. The Balaban J connectivity index is 0.000000160. The zero-order valence-corrected chi connectivity index (χ0v) is 33.2. The van der Waals surface area contributed by atoms with Crippen molar-refractivity contribution in [3.05, 3.63) is 93.3 Å². The van der Waals surface area contributed by atoms with E-state index in [0.29, 0.717) is 12.2 Å². The van der Waals surface area contributed by atoms with Crippen LogP contribution in [-0.4, -0.2) is 156 Å². The number of anilines is 4. The molecule has 4 aliphatic heterocycles. The van der Waals surface area contributed by atoms with Crippen molar-refractivity contribution in [1.82, 2.24) is 19.6 Å². The van der Waals surface area contributed by atoms with Gasteiger partial charge in [-0.25, -0.2) is 19.6 Å². The highest BCUT2D eigenvalue weighted by molar-refractivity contribution is 7.09. The molecule has 0 atom stereocenters. The summed E-state index contributed by atoms with van der Waals surface area (Å²) in [6, 6.07) is 16.7. The number of carboxylic acids is 2. The van der Waals surface area contributed by atoms with Crippen LogP contribution in [0.5, 0.6) is 0 Å². The van der Waals surface area contributed by atoms with Crippen LogP contribution in [-0.2, 0) is 9.59 Å². The Morgan fingerprint density at radius 2 is 0.964 bits per heavy atom. The summed E-state index contributed by atoms with van der Waals surface area (Å²) >= 11 is 3.45. The molecule has 0 aliphatic carbocycles. The van der Waals surface area contributed by atoms with E-state index in [4.69, 9.17) is 30.4 Å². The third-order valence-corrected chi connectivity index (χ3v) is 11.4. The maximum Gasteiger partial charge on any atom is 0.328 e. The van der Waals surface area contributed by atoms with Gasteiger partial charge in [-0.2, -0.15) is 0 Å². The summed E-state index contributed by atoms with van der Waals surface area (Å²) in [5.41, 5.74) is 9.21. The van der Waals surface area contributed by atoms with Gasteiger partial charge in [0.2, 0.25) is 0 Å². The number of aliphatic carboxylic acids is 2. The fourth-order valence-electron chi connectivity index (χ4n) is 7.00. The van der Waals surface area contributed by atoms with E-state index in [-0.39, 0.29) is 13.2 Å². The predicted molar refractivity (Wildman–Crippen MR) is 225 cm³/mol. The SMILES string of the molecule is CN1c2ccccc2N=C(N2CCN(CCO)CC2)c2cscc21.CN1c2ccccc2N=C(N2CCN(CCO)CC2)c2cscc21.O=C(O)/C=C/C(=O)O. The number of aliphatic hydroxyl groups is 2. The minimum Gasteiger partial charge on any atom is -0.478 e. The van der Waals surface area contributed by atoms with Gasteiger partial charge in [-0.1, -0.05) is 24.3 Å². The first kappa shape index (κ1) is 40.6. The number of benzene rings is 2. The van der Waals surface area contributed by atoms with E-state index in [2.05, 4.69) is 101 Å². The average Bonchev–Trinajstić information content (AvgIpc) is 3.86. The molecule has 0 unspecified atom stereocenters. The number of aliphatic imine (C=N–C) groups is 2. The molecule has 0 spiro atoms. The second-order valence-corrected chi connectivity index (χ2v) is 14.9. The van der Waals surface area contributed by atoms with Crippen LogP contribution >= 0.6 is 22.7 Å². The maximum atomic E-state index is 9.55. The van der Waals surface area contributed by atoms with Crippen molar-refractivity contribution in [1.29, 1.82) is 0 Å². The maximum absolute atomic E-state index is 9.55. The molecule has 4 N–H and O–H groups in total. The summed E-state index contributed by atoms with van der Waals surface area (Å²) in [5.74, 6) is -0.363. The number of hydrogen-bond acceptors (Lipinski definition) is 14. The molecule has 6 heterocycles. The molecule has 0 radical (unpaired) electrons. The Bertz CT molecular complexity index is 1900. The number of rotatable bonds is 6. The van der Waals surface area contributed by atoms with Crippen molar-refractivity contribution in [3.8, 4) is 0 Å². The molecule has 14 nitrogen and oxygen atoms in total. The molecule has 296 valence electrons. The zero-order chi connectivity index (χ0) is 39.6. The third kappa shape index (κ3) is 9.64. The van der Waals surface area contributed by atoms with Crippen LogP contribution in [0.2, 0.25) is 0 Å². The Labute approximate surface area is 334 Å². The molecule has 4 aliphatic rings. The molecule has 2 fully saturated rings. The molecule has 8 rings (SSSR count). The minimum atomic E-state index is -1.26. The molecule has 2 aromatic heterocycles. The van der Waals surface area contributed by atoms with Crippen molar-refractivity contribution in [2.75, 3.05) is 103 Å². The van der Waals surface area contributed by atoms with Crippen molar-refractivity contribution < 1.29 is 30.0 Å². The van der Waals surface area contributed by atoms with Gasteiger partial charge >= 0.3 is 11.9 Å². The third-order valence-electron chi connectivity index (χ3n) is 9.97. The highest BCUT2D eigenvalue weighted by atomic mass is 32.1. The lowest BCUT2D eigenvalue weighted by Crippen LogP contribution is -2.49. The van der Waals surface area contributed by atoms with E-state index in [1.54, 1.807) is 22.7 Å². The van der Waals surface area contributed by atoms with Gasteiger partial charge in [0.15, 0.2) is 0 Å². The summed E-state index contributed by atoms with van der Waals surface area (Å²) in [6.45, 7) is 9.63. The number of piperazine rings is 2. The highest BCUT2D eigenvalue weighted by Gasteiger charge is 2.29. The number of fused-ring (bicyclic) bond motifs is 4. The molecule has 56 heavy (non-hydrogen) atoms. The number of β-amino-alcohol motifs (C(OH)–C–C–N with tert-alkyl or cyclic N) is 2. The van der Waals surface area contributed by atoms with Crippen LogP contribution in [0.1, 0.15) is 11.1 Å². The quantitative estimate of drug-likeness (QED) is 0.199. The number of hydrogen-bond donors (Lipinski definition) is 4. The first-order chi connectivity index (χ1) is 27.2.